The molecule has 0 aliphatic carbocycles. The van der Waals surface area contributed by atoms with E-state index in [2.05, 4.69) is 20.3 Å². The topological polar surface area (TPSA) is 113 Å². The standard InChI is InChI=1S/C22H27F3N6O3S2/c1-21(2,32)10-15-4-5-17(35-15)19-16(22(23,24)25)11-26-20(29-19)28-14-6-8-31(9-7-14)36(33,34)18-12-30(3)13-27-18/h4-5,11-14,32H,6-10H2,1-3H3,(H,26,28,29). The van der Waals surface area contributed by atoms with Crippen LogP contribution in [0, 0.1) is 0 Å². The molecule has 0 atom stereocenters. The summed E-state index contributed by atoms with van der Waals surface area (Å²) < 4.78 is 69.5. The number of hydrogen-bond donors (Lipinski definition) is 2. The third-order valence-corrected chi connectivity index (χ3v) is 8.54. The molecule has 2 N–H and O–H groups in total. The van der Waals surface area contributed by atoms with Gasteiger partial charge in [0.25, 0.3) is 10.0 Å². The average molecular weight is 545 g/mol. The third-order valence-electron chi connectivity index (χ3n) is 5.67. The van der Waals surface area contributed by atoms with Crippen molar-refractivity contribution in [3.63, 3.8) is 0 Å². The maximum atomic E-state index is 13.7. The number of nitrogens with one attached hydrogen (secondary N) is 1. The van der Waals surface area contributed by atoms with E-state index in [9.17, 15) is 26.7 Å². The number of thiophene rings is 1. The summed E-state index contributed by atoms with van der Waals surface area (Å²) in [5, 5.41) is 13.1. The molecule has 196 valence electrons. The summed E-state index contributed by atoms with van der Waals surface area (Å²) in [7, 11) is -2.03. The summed E-state index contributed by atoms with van der Waals surface area (Å²) in [5.41, 5.74) is -2.17. The van der Waals surface area contributed by atoms with Crippen molar-refractivity contribution in [3.8, 4) is 10.6 Å². The predicted molar refractivity (Wildman–Crippen MR) is 129 cm³/mol. The molecule has 14 heteroatoms. The number of aliphatic hydroxyl groups is 1. The van der Waals surface area contributed by atoms with Gasteiger partial charge in [-0.2, -0.15) is 17.5 Å². The molecule has 1 aliphatic rings. The summed E-state index contributed by atoms with van der Waals surface area (Å²) in [6, 6.07) is 3.04. The van der Waals surface area contributed by atoms with E-state index in [1.807, 2.05) is 0 Å². The summed E-state index contributed by atoms with van der Waals surface area (Å²) in [6.45, 7) is 3.73. The molecule has 0 spiro atoms. The molecule has 9 nitrogen and oxygen atoms in total. The number of imidazole rings is 1. The fraction of sp³-hybridized carbons (Fsp3) is 0.500. The van der Waals surface area contributed by atoms with E-state index in [4.69, 9.17) is 0 Å². The Morgan fingerprint density at radius 1 is 1.19 bits per heavy atom. The minimum absolute atomic E-state index is 0.0213. The van der Waals surface area contributed by atoms with Gasteiger partial charge in [-0.05, 0) is 38.8 Å². The van der Waals surface area contributed by atoms with Crippen molar-refractivity contribution in [1.29, 1.82) is 0 Å². The molecule has 1 fully saturated rings. The zero-order chi connectivity index (χ0) is 26.3. The van der Waals surface area contributed by atoms with E-state index in [0.29, 0.717) is 24.1 Å². The molecule has 1 saturated heterocycles. The normalized spacial score (nSPS) is 16.4. The smallest absolute Gasteiger partial charge is 0.390 e. The number of nitrogens with zero attached hydrogens (tertiary/aromatic N) is 5. The van der Waals surface area contributed by atoms with Crippen LogP contribution in [0.3, 0.4) is 0 Å². The highest BCUT2D eigenvalue weighted by Gasteiger charge is 2.36. The highest BCUT2D eigenvalue weighted by Crippen LogP contribution is 2.39. The first-order valence-corrected chi connectivity index (χ1v) is 13.5. The SMILES string of the molecule is Cn1cnc(S(=O)(=O)N2CCC(Nc3ncc(C(F)(F)F)c(-c4ccc(CC(C)(C)O)s4)n3)CC2)c1. The van der Waals surface area contributed by atoms with Crippen molar-refractivity contribution in [2.45, 2.75) is 56.0 Å². The number of aryl methyl sites for hydroxylation is 1. The van der Waals surface area contributed by atoms with E-state index in [1.54, 1.807) is 37.6 Å². The van der Waals surface area contributed by atoms with Gasteiger partial charge in [0.15, 0.2) is 5.03 Å². The van der Waals surface area contributed by atoms with E-state index < -0.39 is 27.4 Å². The second-order valence-electron chi connectivity index (χ2n) is 9.41. The van der Waals surface area contributed by atoms with E-state index >= 15 is 0 Å². The van der Waals surface area contributed by atoms with Crippen molar-refractivity contribution in [2.24, 2.45) is 7.05 Å². The van der Waals surface area contributed by atoms with Crippen LogP contribution in [0.1, 0.15) is 37.1 Å². The molecule has 0 amide bonds. The van der Waals surface area contributed by atoms with Gasteiger partial charge in [0.1, 0.15) is 5.56 Å². The number of sulfonamides is 1. The number of piperidine rings is 1. The Balaban J connectivity index is 1.50. The number of hydrogen-bond acceptors (Lipinski definition) is 8. The zero-order valence-corrected chi connectivity index (χ0v) is 21.6. The predicted octanol–water partition coefficient (Wildman–Crippen LogP) is 3.54. The molecule has 3 aromatic heterocycles. The molecule has 4 rings (SSSR count). The van der Waals surface area contributed by atoms with Crippen molar-refractivity contribution >= 4 is 27.3 Å². The van der Waals surface area contributed by atoms with Gasteiger partial charge in [0, 0.05) is 49.9 Å². The minimum atomic E-state index is -4.64. The van der Waals surface area contributed by atoms with Gasteiger partial charge < -0.3 is 15.0 Å². The lowest BCUT2D eigenvalue weighted by Gasteiger charge is -2.31. The van der Waals surface area contributed by atoms with Crippen LogP contribution in [-0.2, 0) is 29.7 Å². The average Bonchev–Trinajstić information content (AvgIpc) is 3.41. The van der Waals surface area contributed by atoms with Gasteiger partial charge in [-0.3, -0.25) is 0 Å². The zero-order valence-electron chi connectivity index (χ0n) is 19.9. The van der Waals surface area contributed by atoms with Crippen LogP contribution in [-0.4, -0.2) is 62.1 Å². The van der Waals surface area contributed by atoms with Crippen molar-refractivity contribution in [2.75, 3.05) is 18.4 Å². The second-order valence-corrected chi connectivity index (χ2v) is 12.5. The molecular formula is C22H27F3N6O3S2. The first kappa shape index (κ1) is 26.5. The van der Waals surface area contributed by atoms with Gasteiger partial charge in [0.2, 0.25) is 5.95 Å². The first-order chi connectivity index (χ1) is 16.7. The van der Waals surface area contributed by atoms with Crippen LogP contribution in [0.2, 0.25) is 0 Å². The van der Waals surface area contributed by atoms with Gasteiger partial charge in [-0.15, -0.1) is 11.3 Å². The van der Waals surface area contributed by atoms with Crippen LogP contribution in [0.15, 0.2) is 35.9 Å². The van der Waals surface area contributed by atoms with Gasteiger partial charge in [-0.1, -0.05) is 0 Å². The Morgan fingerprint density at radius 3 is 2.47 bits per heavy atom. The van der Waals surface area contributed by atoms with Crippen LogP contribution >= 0.6 is 11.3 Å². The molecule has 4 heterocycles. The van der Waals surface area contributed by atoms with Crippen molar-refractivity contribution < 1.29 is 26.7 Å². The highest BCUT2D eigenvalue weighted by molar-refractivity contribution is 7.89. The quantitative estimate of drug-likeness (QED) is 0.468. The fourth-order valence-corrected chi connectivity index (χ4v) is 6.62. The van der Waals surface area contributed by atoms with Crippen LogP contribution in [0.25, 0.3) is 10.6 Å². The Morgan fingerprint density at radius 2 is 1.89 bits per heavy atom. The Labute approximate surface area is 211 Å². The maximum Gasteiger partial charge on any atom is 0.420 e. The van der Waals surface area contributed by atoms with E-state index in [-0.39, 0.29) is 35.8 Å². The molecule has 0 aromatic carbocycles. The summed E-state index contributed by atoms with van der Waals surface area (Å²) in [4.78, 5) is 13.1. The summed E-state index contributed by atoms with van der Waals surface area (Å²) in [6.07, 6.45) is 0.146. The highest BCUT2D eigenvalue weighted by atomic mass is 32.2. The fourth-order valence-electron chi connectivity index (χ4n) is 3.95. The molecule has 36 heavy (non-hydrogen) atoms. The molecule has 0 bridgehead atoms. The van der Waals surface area contributed by atoms with Gasteiger partial charge >= 0.3 is 6.18 Å². The van der Waals surface area contributed by atoms with Crippen LogP contribution in [0.4, 0.5) is 19.1 Å². The Hall–Kier alpha value is -2.55. The van der Waals surface area contributed by atoms with Crippen LogP contribution < -0.4 is 5.32 Å². The Bertz CT molecular complexity index is 1320. The number of halogens is 3. The molecule has 3 aromatic rings. The van der Waals surface area contributed by atoms with E-state index in [0.717, 1.165) is 22.4 Å². The maximum absolute atomic E-state index is 13.7. The number of aromatic nitrogens is 4. The lowest BCUT2D eigenvalue weighted by atomic mass is 10.0. The molecule has 1 aliphatic heterocycles. The van der Waals surface area contributed by atoms with E-state index in [1.165, 1.54) is 16.8 Å². The van der Waals surface area contributed by atoms with Crippen molar-refractivity contribution in [3.05, 3.63) is 41.3 Å². The first-order valence-electron chi connectivity index (χ1n) is 11.2. The molecule has 0 saturated carbocycles. The van der Waals surface area contributed by atoms with Gasteiger partial charge in [-0.25, -0.2) is 23.4 Å². The lowest BCUT2D eigenvalue weighted by molar-refractivity contribution is -0.137. The largest absolute Gasteiger partial charge is 0.420 e. The summed E-state index contributed by atoms with van der Waals surface area (Å²) in [5.74, 6) is 0.0430. The van der Waals surface area contributed by atoms with Crippen molar-refractivity contribution in [1.82, 2.24) is 23.8 Å². The molecule has 0 radical (unpaired) electrons. The Kier molecular flexibility index (Phi) is 7.16. The molecular weight excluding hydrogens is 517 g/mol. The minimum Gasteiger partial charge on any atom is -0.390 e. The summed E-state index contributed by atoms with van der Waals surface area (Å²) >= 11 is 1.14. The van der Waals surface area contributed by atoms with Crippen LogP contribution in [0.5, 0.6) is 0 Å². The molecule has 0 unspecified atom stereocenters. The number of alkyl halides is 3. The monoisotopic (exact) mass is 544 g/mol. The third kappa shape index (κ3) is 6.05. The number of rotatable bonds is 7. The second kappa shape index (κ2) is 9.72. The lowest BCUT2D eigenvalue weighted by Crippen LogP contribution is -2.42. The number of anilines is 1. The van der Waals surface area contributed by atoms with Gasteiger partial charge in [0.05, 0.1) is 22.5 Å².